The molecule has 0 saturated carbocycles. The molecule has 0 aliphatic heterocycles. The van der Waals surface area contributed by atoms with Crippen molar-refractivity contribution in [3.8, 4) is 5.75 Å². The van der Waals surface area contributed by atoms with E-state index in [-0.39, 0.29) is 31.8 Å². The highest BCUT2D eigenvalue weighted by Gasteiger charge is 2.30. The number of carbonyl (C=O) groups excluding carboxylic acids is 3. The van der Waals surface area contributed by atoms with Crippen molar-refractivity contribution >= 4 is 23.9 Å². The van der Waals surface area contributed by atoms with Crippen LogP contribution in [0, 0.1) is 5.92 Å². The van der Waals surface area contributed by atoms with Gasteiger partial charge in [0.05, 0.1) is 0 Å². The van der Waals surface area contributed by atoms with Crippen molar-refractivity contribution in [2.24, 2.45) is 5.92 Å². The average molecular weight is 666 g/mol. The van der Waals surface area contributed by atoms with Crippen LogP contribution in [0.5, 0.6) is 5.75 Å². The Kier molecular flexibility index (Phi) is 13.8. The van der Waals surface area contributed by atoms with Crippen molar-refractivity contribution in [2.45, 2.75) is 64.4 Å². The van der Waals surface area contributed by atoms with Crippen LogP contribution in [0.15, 0.2) is 115 Å². The average Bonchev–Trinajstić information content (AvgIpc) is 3.10. The number of hydrogen-bond acceptors (Lipinski definition) is 6. The smallest absolute Gasteiger partial charge is 0.408 e. The Balaban J connectivity index is 1.51. The van der Waals surface area contributed by atoms with E-state index in [1.165, 1.54) is 0 Å². The van der Waals surface area contributed by atoms with Crippen molar-refractivity contribution in [3.05, 3.63) is 138 Å². The first kappa shape index (κ1) is 36.2. The number of hydrogen-bond donors (Lipinski definition) is 4. The lowest BCUT2D eigenvalue weighted by Crippen LogP contribution is -2.57. The van der Waals surface area contributed by atoms with Gasteiger partial charge in [-0.3, -0.25) is 9.59 Å². The summed E-state index contributed by atoms with van der Waals surface area (Å²) in [6.45, 7) is 4.12. The summed E-state index contributed by atoms with van der Waals surface area (Å²) in [5.41, 5.74) is 3.28. The molecule has 0 radical (unpaired) electrons. The van der Waals surface area contributed by atoms with Crippen LogP contribution in [-0.2, 0) is 45.2 Å². The molecular weight excluding hydrogens is 622 g/mol. The molecule has 4 aromatic carbocycles. The van der Waals surface area contributed by atoms with Crippen molar-refractivity contribution in [3.63, 3.8) is 0 Å². The highest BCUT2D eigenvalue weighted by Crippen LogP contribution is 2.16. The van der Waals surface area contributed by atoms with E-state index in [9.17, 15) is 24.3 Å². The molecule has 4 aromatic rings. The first-order chi connectivity index (χ1) is 23.7. The van der Waals surface area contributed by atoms with E-state index in [1.54, 1.807) is 24.3 Å². The van der Waals surface area contributed by atoms with Crippen LogP contribution in [0.2, 0.25) is 0 Å². The van der Waals surface area contributed by atoms with E-state index < -0.39 is 42.0 Å². The van der Waals surface area contributed by atoms with Gasteiger partial charge in [-0.1, -0.05) is 117 Å². The topological polar surface area (TPSA) is 143 Å². The van der Waals surface area contributed by atoms with Gasteiger partial charge in [0.15, 0.2) is 0 Å². The summed E-state index contributed by atoms with van der Waals surface area (Å²) in [5.74, 6) is -1.79. The Morgan fingerprint density at radius 2 is 1.02 bits per heavy atom. The molecule has 49 heavy (non-hydrogen) atoms. The van der Waals surface area contributed by atoms with E-state index in [4.69, 9.17) is 9.47 Å². The second kappa shape index (κ2) is 18.6. The first-order valence-electron chi connectivity index (χ1n) is 16.3. The second-order valence-corrected chi connectivity index (χ2v) is 12.2. The molecule has 0 bridgehead atoms. The first-order valence-corrected chi connectivity index (χ1v) is 16.3. The third-order valence-corrected chi connectivity index (χ3v) is 7.67. The second-order valence-electron chi connectivity index (χ2n) is 12.2. The molecule has 0 spiro atoms. The maximum Gasteiger partial charge on any atom is 0.408 e. The predicted octanol–water partition coefficient (Wildman–Crippen LogP) is 5.45. The Hall–Kier alpha value is -5.64. The number of alkyl carbamates (subject to hydrolysis) is 1. The molecular formula is C39H43N3O7. The lowest BCUT2D eigenvalue weighted by molar-refractivity contribution is -0.142. The minimum absolute atomic E-state index is 0.0000708. The highest BCUT2D eigenvalue weighted by molar-refractivity contribution is 5.93. The van der Waals surface area contributed by atoms with Gasteiger partial charge in [0.2, 0.25) is 11.8 Å². The van der Waals surface area contributed by atoms with Crippen molar-refractivity contribution in [2.75, 3.05) is 0 Å². The molecule has 10 nitrogen and oxygen atoms in total. The SMILES string of the molecule is CC(C)C[C@H](NC(=O)[C@@H](Cc1ccccc1)NC(=O)[C@H](Cc1ccc(OCc2ccccc2)cc1)NC(=O)OCc1ccccc1)C(=O)O. The molecule has 0 aliphatic rings. The van der Waals surface area contributed by atoms with Gasteiger partial charge < -0.3 is 30.5 Å². The fraction of sp³-hybridized carbons (Fsp3) is 0.282. The Labute approximate surface area is 286 Å². The maximum atomic E-state index is 13.9. The van der Waals surface area contributed by atoms with E-state index in [0.717, 1.165) is 22.3 Å². The van der Waals surface area contributed by atoms with Crippen LogP contribution < -0.4 is 20.7 Å². The van der Waals surface area contributed by atoms with Crippen LogP contribution in [0.3, 0.4) is 0 Å². The van der Waals surface area contributed by atoms with Gasteiger partial charge in [0.25, 0.3) is 0 Å². The lowest BCUT2D eigenvalue weighted by Gasteiger charge is -2.25. The summed E-state index contributed by atoms with van der Waals surface area (Å²) in [5, 5.41) is 17.8. The number of nitrogens with one attached hydrogen (secondary N) is 3. The third-order valence-electron chi connectivity index (χ3n) is 7.67. The van der Waals surface area contributed by atoms with E-state index in [2.05, 4.69) is 16.0 Å². The van der Waals surface area contributed by atoms with Crippen LogP contribution in [0.1, 0.15) is 42.5 Å². The summed E-state index contributed by atoms with van der Waals surface area (Å²) in [6.07, 6.45) is -0.407. The fourth-order valence-corrected chi connectivity index (χ4v) is 5.11. The highest BCUT2D eigenvalue weighted by atomic mass is 16.5. The Bertz CT molecular complexity index is 1630. The normalized spacial score (nSPS) is 12.6. The molecule has 0 heterocycles. The van der Waals surface area contributed by atoms with Crippen molar-refractivity contribution < 1.29 is 33.8 Å². The van der Waals surface area contributed by atoms with E-state index in [1.807, 2.05) is 105 Å². The Morgan fingerprint density at radius 1 is 0.571 bits per heavy atom. The number of ether oxygens (including phenoxy) is 2. The molecule has 0 aliphatic carbocycles. The minimum atomic E-state index is -1.16. The van der Waals surface area contributed by atoms with Crippen LogP contribution in [0.4, 0.5) is 4.79 Å². The zero-order valence-corrected chi connectivity index (χ0v) is 27.7. The van der Waals surface area contributed by atoms with Crippen LogP contribution in [-0.4, -0.2) is 47.1 Å². The number of carbonyl (C=O) groups is 4. The molecule has 0 saturated heterocycles. The number of aliphatic carboxylic acids is 1. The van der Waals surface area contributed by atoms with Crippen molar-refractivity contribution in [1.29, 1.82) is 0 Å². The molecule has 4 rings (SSSR count). The van der Waals surface area contributed by atoms with Gasteiger partial charge >= 0.3 is 12.1 Å². The van der Waals surface area contributed by atoms with Gasteiger partial charge in [-0.25, -0.2) is 9.59 Å². The number of benzene rings is 4. The lowest BCUT2D eigenvalue weighted by atomic mass is 10.0. The summed E-state index contributed by atoms with van der Waals surface area (Å²) >= 11 is 0. The molecule has 3 atom stereocenters. The summed E-state index contributed by atoms with van der Waals surface area (Å²) in [7, 11) is 0. The number of carboxylic acid groups (broad SMARTS) is 1. The minimum Gasteiger partial charge on any atom is -0.489 e. The number of rotatable bonds is 17. The van der Waals surface area contributed by atoms with Gasteiger partial charge in [-0.05, 0) is 46.7 Å². The molecule has 0 fully saturated rings. The molecule has 256 valence electrons. The van der Waals surface area contributed by atoms with E-state index in [0.29, 0.717) is 12.4 Å². The van der Waals surface area contributed by atoms with Crippen molar-refractivity contribution in [1.82, 2.24) is 16.0 Å². The zero-order chi connectivity index (χ0) is 35.0. The molecule has 4 N–H and O–H groups in total. The third kappa shape index (κ3) is 12.5. The van der Waals surface area contributed by atoms with Gasteiger partial charge in [0, 0.05) is 12.8 Å². The molecule has 0 unspecified atom stereocenters. The van der Waals surface area contributed by atoms with Gasteiger partial charge in [0.1, 0.15) is 37.1 Å². The van der Waals surface area contributed by atoms with Gasteiger partial charge in [-0.2, -0.15) is 0 Å². The molecule has 10 heteroatoms. The molecule has 0 aromatic heterocycles. The summed E-state index contributed by atoms with van der Waals surface area (Å²) in [4.78, 5) is 52.3. The predicted molar refractivity (Wildman–Crippen MR) is 186 cm³/mol. The number of amides is 3. The monoisotopic (exact) mass is 665 g/mol. The van der Waals surface area contributed by atoms with Crippen LogP contribution >= 0.6 is 0 Å². The summed E-state index contributed by atoms with van der Waals surface area (Å²) in [6, 6.07) is 31.8. The standard InChI is InChI=1S/C39H43N3O7/c1-27(2)22-35(38(45)46)41-36(43)33(23-28-12-6-3-7-13-28)40-37(44)34(42-39(47)49-26-31-16-10-5-11-17-31)24-29-18-20-32(21-19-29)48-25-30-14-8-4-9-15-30/h3-21,27,33-35H,22-26H2,1-2H3,(H,40,44)(H,41,43)(H,42,47)(H,45,46)/t33-,34+,35+/m1/s1. The Morgan fingerprint density at radius 3 is 1.53 bits per heavy atom. The van der Waals surface area contributed by atoms with E-state index >= 15 is 0 Å². The zero-order valence-electron chi connectivity index (χ0n) is 27.7. The quantitative estimate of drug-likeness (QED) is 0.118. The van der Waals surface area contributed by atoms with Crippen LogP contribution in [0.25, 0.3) is 0 Å². The maximum absolute atomic E-state index is 13.9. The summed E-state index contributed by atoms with van der Waals surface area (Å²) < 4.78 is 11.3. The molecule has 3 amide bonds. The number of carboxylic acids is 1. The van der Waals surface area contributed by atoms with Gasteiger partial charge in [-0.15, -0.1) is 0 Å². The fourth-order valence-electron chi connectivity index (χ4n) is 5.11. The largest absolute Gasteiger partial charge is 0.489 e.